The van der Waals surface area contributed by atoms with Gasteiger partial charge in [-0.2, -0.15) is 5.10 Å². The van der Waals surface area contributed by atoms with Crippen molar-refractivity contribution in [3.63, 3.8) is 0 Å². The number of hydrogen-bond donors (Lipinski definition) is 0. The van der Waals surface area contributed by atoms with Gasteiger partial charge in [-0.3, -0.25) is 0 Å². The minimum atomic E-state index is -0.451. The SMILES string of the molecule is COC(=O)c1cc(Br)cc2c1c(CC=O)nn2C1CCCCO1. The molecule has 2 aromatic rings. The average Bonchev–Trinajstić information content (AvgIpc) is 2.93. The van der Waals surface area contributed by atoms with Crippen LogP contribution in [0.5, 0.6) is 0 Å². The summed E-state index contributed by atoms with van der Waals surface area (Å²) in [4.78, 5) is 23.1. The fraction of sp³-hybridized carbons (Fsp3) is 0.438. The van der Waals surface area contributed by atoms with Crippen LogP contribution in [0.1, 0.15) is 41.5 Å². The van der Waals surface area contributed by atoms with E-state index in [1.165, 1.54) is 7.11 Å². The van der Waals surface area contributed by atoms with Crippen LogP contribution in [0.25, 0.3) is 10.9 Å². The van der Waals surface area contributed by atoms with Crippen molar-refractivity contribution in [1.29, 1.82) is 0 Å². The maximum Gasteiger partial charge on any atom is 0.338 e. The van der Waals surface area contributed by atoms with Crippen LogP contribution in [0.2, 0.25) is 0 Å². The number of fused-ring (bicyclic) bond motifs is 1. The van der Waals surface area contributed by atoms with Gasteiger partial charge in [0.25, 0.3) is 0 Å². The Morgan fingerprint density at radius 1 is 1.52 bits per heavy atom. The molecule has 0 saturated carbocycles. The lowest BCUT2D eigenvalue weighted by Gasteiger charge is -2.23. The van der Waals surface area contributed by atoms with Crippen LogP contribution < -0.4 is 0 Å². The van der Waals surface area contributed by atoms with Crippen LogP contribution in [0.3, 0.4) is 0 Å². The maximum absolute atomic E-state index is 12.1. The molecular formula is C16H17BrN2O4. The molecule has 1 aromatic heterocycles. The fourth-order valence-electron chi connectivity index (χ4n) is 2.94. The second-order valence-corrected chi connectivity index (χ2v) is 6.34. The Morgan fingerprint density at radius 2 is 2.35 bits per heavy atom. The Balaban J connectivity index is 2.23. The van der Waals surface area contributed by atoms with Crippen molar-refractivity contribution in [1.82, 2.24) is 9.78 Å². The summed E-state index contributed by atoms with van der Waals surface area (Å²) in [6.45, 7) is 0.687. The van der Waals surface area contributed by atoms with E-state index in [-0.39, 0.29) is 12.6 Å². The molecule has 2 heterocycles. The third kappa shape index (κ3) is 3.03. The van der Waals surface area contributed by atoms with Crippen molar-refractivity contribution >= 4 is 39.1 Å². The molecule has 0 N–H and O–H groups in total. The number of carbonyl (C=O) groups is 2. The molecule has 1 aliphatic rings. The van der Waals surface area contributed by atoms with Crippen molar-refractivity contribution in [3.8, 4) is 0 Å². The number of ether oxygens (including phenoxy) is 2. The van der Waals surface area contributed by atoms with E-state index in [0.717, 1.165) is 35.5 Å². The van der Waals surface area contributed by atoms with Crippen LogP contribution in [-0.2, 0) is 20.7 Å². The smallest absolute Gasteiger partial charge is 0.338 e. The number of rotatable bonds is 4. The van der Waals surface area contributed by atoms with Crippen LogP contribution in [0.15, 0.2) is 16.6 Å². The van der Waals surface area contributed by atoms with Crippen molar-refractivity contribution in [2.24, 2.45) is 0 Å². The van der Waals surface area contributed by atoms with E-state index in [0.29, 0.717) is 23.3 Å². The first-order valence-electron chi connectivity index (χ1n) is 7.50. The molecule has 7 heteroatoms. The van der Waals surface area contributed by atoms with E-state index in [2.05, 4.69) is 21.0 Å². The molecule has 1 aliphatic heterocycles. The molecule has 0 spiro atoms. The number of methoxy groups -OCH3 is 1. The van der Waals surface area contributed by atoms with E-state index in [4.69, 9.17) is 9.47 Å². The van der Waals surface area contributed by atoms with E-state index in [1.54, 1.807) is 10.7 Å². The first-order valence-corrected chi connectivity index (χ1v) is 8.29. The van der Waals surface area contributed by atoms with Gasteiger partial charge in [0.05, 0.1) is 23.9 Å². The van der Waals surface area contributed by atoms with E-state index in [9.17, 15) is 9.59 Å². The Labute approximate surface area is 141 Å². The number of halogens is 1. The molecule has 1 unspecified atom stereocenters. The normalized spacial score (nSPS) is 18.1. The summed E-state index contributed by atoms with van der Waals surface area (Å²) in [6.07, 6.45) is 3.71. The number of carbonyl (C=O) groups excluding carboxylic acids is 2. The van der Waals surface area contributed by atoms with E-state index in [1.807, 2.05) is 6.07 Å². The molecule has 1 atom stereocenters. The topological polar surface area (TPSA) is 70.4 Å². The van der Waals surface area contributed by atoms with Gasteiger partial charge in [-0.15, -0.1) is 0 Å². The van der Waals surface area contributed by atoms with Gasteiger partial charge in [0, 0.05) is 22.9 Å². The lowest BCUT2D eigenvalue weighted by molar-refractivity contribution is -0.107. The highest BCUT2D eigenvalue weighted by Crippen LogP contribution is 2.32. The van der Waals surface area contributed by atoms with Crippen LogP contribution in [0, 0.1) is 0 Å². The van der Waals surface area contributed by atoms with Crippen LogP contribution >= 0.6 is 15.9 Å². The quantitative estimate of drug-likeness (QED) is 0.602. The van der Waals surface area contributed by atoms with Crippen molar-refractivity contribution in [3.05, 3.63) is 27.9 Å². The maximum atomic E-state index is 12.1. The minimum absolute atomic E-state index is 0.141. The predicted octanol–water partition coefficient (Wildman–Crippen LogP) is 3.03. The molecule has 0 amide bonds. The van der Waals surface area contributed by atoms with Gasteiger partial charge < -0.3 is 14.3 Å². The number of nitrogens with zero attached hydrogens (tertiary/aromatic N) is 2. The van der Waals surface area contributed by atoms with Gasteiger partial charge in [-0.1, -0.05) is 15.9 Å². The molecule has 23 heavy (non-hydrogen) atoms. The molecule has 0 aliphatic carbocycles. The lowest BCUT2D eigenvalue weighted by Crippen LogP contribution is -2.19. The summed E-state index contributed by atoms with van der Waals surface area (Å²) in [5.41, 5.74) is 1.73. The number of benzene rings is 1. The van der Waals surface area contributed by atoms with E-state index < -0.39 is 5.97 Å². The molecular weight excluding hydrogens is 364 g/mol. The number of aldehydes is 1. The van der Waals surface area contributed by atoms with Crippen molar-refractivity contribution < 1.29 is 19.1 Å². The van der Waals surface area contributed by atoms with Gasteiger partial charge >= 0.3 is 5.97 Å². The van der Waals surface area contributed by atoms with Gasteiger partial charge in [0.1, 0.15) is 6.29 Å². The lowest BCUT2D eigenvalue weighted by atomic mass is 10.1. The molecule has 1 aromatic carbocycles. The van der Waals surface area contributed by atoms with Gasteiger partial charge in [0.2, 0.25) is 0 Å². The fourth-order valence-corrected chi connectivity index (χ4v) is 3.39. The second-order valence-electron chi connectivity index (χ2n) is 5.42. The molecule has 1 saturated heterocycles. The van der Waals surface area contributed by atoms with Crippen LogP contribution in [0.4, 0.5) is 0 Å². The van der Waals surface area contributed by atoms with Crippen molar-refractivity contribution in [2.45, 2.75) is 31.9 Å². The summed E-state index contributed by atoms with van der Waals surface area (Å²) >= 11 is 3.43. The number of hydrogen-bond acceptors (Lipinski definition) is 5. The Bertz CT molecular complexity index is 750. The average molecular weight is 381 g/mol. The summed E-state index contributed by atoms with van der Waals surface area (Å²) in [5, 5.41) is 5.21. The number of aromatic nitrogens is 2. The zero-order chi connectivity index (χ0) is 16.4. The third-order valence-electron chi connectivity index (χ3n) is 3.96. The molecule has 6 nitrogen and oxygen atoms in total. The van der Waals surface area contributed by atoms with Crippen molar-refractivity contribution in [2.75, 3.05) is 13.7 Å². The Morgan fingerprint density at radius 3 is 3.00 bits per heavy atom. The first kappa shape index (κ1) is 16.1. The standard InChI is InChI=1S/C16H17BrN2O4/c1-22-16(21)11-8-10(17)9-13-15(11)12(5-6-20)18-19(13)14-4-2-3-7-23-14/h6,8-9,14H,2-5,7H2,1H3. The van der Waals surface area contributed by atoms with Gasteiger partial charge in [-0.05, 0) is 31.4 Å². The molecule has 3 rings (SSSR count). The van der Waals surface area contributed by atoms with Gasteiger partial charge in [-0.25, -0.2) is 9.48 Å². The summed E-state index contributed by atoms with van der Waals surface area (Å²) in [7, 11) is 1.34. The monoisotopic (exact) mass is 380 g/mol. The highest BCUT2D eigenvalue weighted by atomic mass is 79.9. The van der Waals surface area contributed by atoms with E-state index >= 15 is 0 Å². The zero-order valence-corrected chi connectivity index (χ0v) is 14.3. The minimum Gasteiger partial charge on any atom is -0.465 e. The Kier molecular flexibility index (Phi) is 4.77. The van der Waals surface area contributed by atoms with Crippen LogP contribution in [-0.4, -0.2) is 35.8 Å². The predicted molar refractivity (Wildman–Crippen MR) is 87.4 cm³/mol. The first-order chi connectivity index (χ1) is 11.2. The zero-order valence-electron chi connectivity index (χ0n) is 12.8. The highest BCUT2D eigenvalue weighted by molar-refractivity contribution is 9.10. The number of esters is 1. The Hall–Kier alpha value is -1.73. The summed E-state index contributed by atoms with van der Waals surface area (Å²) in [6, 6.07) is 3.58. The largest absolute Gasteiger partial charge is 0.465 e. The summed E-state index contributed by atoms with van der Waals surface area (Å²) in [5.74, 6) is -0.451. The summed E-state index contributed by atoms with van der Waals surface area (Å²) < 4.78 is 13.2. The second kappa shape index (κ2) is 6.80. The molecule has 122 valence electrons. The highest BCUT2D eigenvalue weighted by Gasteiger charge is 2.25. The molecule has 0 radical (unpaired) electrons. The van der Waals surface area contributed by atoms with Gasteiger partial charge in [0.15, 0.2) is 6.23 Å². The third-order valence-corrected chi connectivity index (χ3v) is 4.41. The molecule has 1 fully saturated rings. The molecule has 0 bridgehead atoms.